The van der Waals surface area contributed by atoms with Crippen molar-refractivity contribution in [2.75, 3.05) is 19.0 Å². The summed E-state index contributed by atoms with van der Waals surface area (Å²) < 4.78 is 11.1. The maximum Gasteiger partial charge on any atom is 0.261 e. The highest BCUT2D eigenvalue weighted by Gasteiger charge is 2.14. The SMILES string of the molecule is COc1ccccc1NC(=S)NC(=O)c1ccccc1OCCc1ccccc1. The van der Waals surface area contributed by atoms with Gasteiger partial charge in [-0.15, -0.1) is 0 Å². The number of anilines is 1. The van der Waals surface area contributed by atoms with E-state index in [0.29, 0.717) is 29.4 Å². The van der Waals surface area contributed by atoms with Gasteiger partial charge >= 0.3 is 0 Å². The molecule has 0 radical (unpaired) electrons. The molecule has 3 aromatic carbocycles. The first-order chi connectivity index (χ1) is 14.2. The standard InChI is InChI=1S/C23H22N2O3S/c1-27-21-14-8-6-12-19(21)24-23(29)25-22(26)18-11-5-7-13-20(18)28-16-15-17-9-3-2-4-10-17/h2-14H,15-16H2,1H3,(H2,24,25,26,29). The molecule has 29 heavy (non-hydrogen) atoms. The molecule has 3 rings (SSSR count). The summed E-state index contributed by atoms with van der Waals surface area (Å²) in [6.45, 7) is 0.470. The number of methoxy groups -OCH3 is 1. The molecule has 0 saturated carbocycles. The average Bonchev–Trinajstić information content (AvgIpc) is 2.75. The number of para-hydroxylation sites is 3. The second-order valence-electron chi connectivity index (χ2n) is 6.19. The minimum Gasteiger partial charge on any atom is -0.495 e. The fourth-order valence-electron chi connectivity index (χ4n) is 2.78. The topological polar surface area (TPSA) is 59.6 Å². The number of hydrogen-bond donors (Lipinski definition) is 2. The van der Waals surface area contributed by atoms with E-state index >= 15 is 0 Å². The van der Waals surface area contributed by atoms with Crippen molar-refractivity contribution < 1.29 is 14.3 Å². The second kappa shape index (κ2) is 10.2. The summed E-state index contributed by atoms with van der Waals surface area (Å²) in [4.78, 5) is 12.7. The molecule has 0 saturated heterocycles. The smallest absolute Gasteiger partial charge is 0.261 e. The van der Waals surface area contributed by atoms with Crippen LogP contribution >= 0.6 is 12.2 Å². The Morgan fingerprint density at radius 3 is 2.31 bits per heavy atom. The summed E-state index contributed by atoms with van der Waals surface area (Å²) in [5, 5.41) is 5.85. The summed E-state index contributed by atoms with van der Waals surface area (Å²) in [7, 11) is 1.57. The van der Waals surface area contributed by atoms with Gasteiger partial charge in [0.05, 0.1) is 25.0 Å². The van der Waals surface area contributed by atoms with Gasteiger partial charge in [-0.05, 0) is 42.0 Å². The van der Waals surface area contributed by atoms with Crippen LogP contribution in [-0.2, 0) is 6.42 Å². The summed E-state index contributed by atoms with van der Waals surface area (Å²) in [5.41, 5.74) is 2.27. The zero-order valence-corrected chi connectivity index (χ0v) is 16.9. The Kier molecular flexibility index (Phi) is 7.19. The first-order valence-corrected chi connectivity index (χ1v) is 9.59. The minimum absolute atomic E-state index is 0.179. The van der Waals surface area contributed by atoms with Crippen LogP contribution in [-0.4, -0.2) is 24.7 Å². The Morgan fingerprint density at radius 2 is 1.55 bits per heavy atom. The molecule has 148 valence electrons. The van der Waals surface area contributed by atoms with Crippen molar-refractivity contribution >= 4 is 28.9 Å². The van der Waals surface area contributed by atoms with Gasteiger partial charge in [0.1, 0.15) is 11.5 Å². The Balaban J connectivity index is 1.61. The normalized spacial score (nSPS) is 10.1. The summed E-state index contributed by atoms with van der Waals surface area (Å²) in [6, 6.07) is 24.5. The highest BCUT2D eigenvalue weighted by atomic mass is 32.1. The first kappa shape index (κ1) is 20.4. The predicted octanol–water partition coefficient (Wildman–Crippen LogP) is 4.44. The van der Waals surface area contributed by atoms with Crippen molar-refractivity contribution in [1.29, 1.82) is 0 Å². The van der Waals surface area contributed by atoms with E-state index < -0.39 is 0 Å². The maximum absolute atomic E-state index is 12.7. The Hall–Kier alpha value is -3.38. The van der Waals surface area contributed by atoms with Gasteiger partial charge in [0, 0.05) is 6.42 Å². The van der Waals surface area contributed by atoms with Crippen molar-refractivity contribution in [3.05, 3.63) is 90.0 Å². The minimum atomic E-state index is -0.340. The van der Waals surface area contributed by atoms with E-state index in [1.165, 1.54) is 5.56 Å². The van der Waals surface area contributed by atoms with Crippen LogP contribution in [0.15, 0.2) is 78.9 Å². The van der Waals surface area contributed by atoms with Gasteiger partial charge in [-0.1, -0.05) is 54.6 Å². The average molecular weight is 407 g/mol. The molecule has 0 aliphatic carbocycles. The van der Waals surface area contributed by atoms with Crippen molar-refractivity contribution in [3.8, 4) is 11.5 Å². The lowest BCUT2D eigenvalue weighted by molar-refractivity contribution is 0.0974. The molecule has 3 aromatic rings. The van der Waals surface area contributed by atoms with Crippen LogP contribution in [0.25, 0.3) is 0 Å². The summed E-state index contributed by atoms with van der Waals surface area (Å²) >= 11 is 5.27. The molecular formula is C23H22N2O3S. The van der Waals surface area contributed by atoms with Crippen molar-refractivity contribution in [1.82, 2.24) is 5.32 Å². The van der Waals surface area contributed by atoms with E-state index in [2.05, 4.69) is 10.6 Å². The molecule has 0 fully saturated rings. The molecule has 0 unspecified atom stereocenters. The molecule has 0 aromatic heterocycles. The molecule has 0 spiro atoms. The number of thiocarbonyl (C=S) groups is 1. The fourth-order valence-corrected chi connectivity index (χ4v) is 2.98. The van der Waals surface area contributed by atoms with Gasteiger partial charge < -0.3 is 14.8 Å². The van der Waals surface area contributed by atoms with Crippen molar-refractivity contribution in [2.45, 2.75) is 6.42 Å². The van der Waals surface area contributed by atoms with Crippen molar-refractivity contribution in [3.63, 3.8) is 0 Å². The molecule has 0 heterocycles. The van der Waals surface area contributed by atoms with Gasteiger partial charge in [0.2, 0.25) is 0 Å². The monoisotopic (exact) mass is 406 g/mol. The van der Waals surface area contributed by atoms with Crippen LogP contribution in [0.3, 0.4) is 0 Å². The zero-order chi connectivity index (χ0) is 20.5. The number of nitrogens with one attached hydrogen (secondary N) is 2. The van der Waals surface area contributed by atoms with E-state index in [-0.39, 0.29) is 11.0 Å². The lowest BCUT2D eigenvalue weighted by Gasteiger charge is -2.14. The maximum atomic E-state index is 12.7. The van der Waals surface area contributed by atoms with Gasteiger partial charge in [-0.2, -0.15) is 0 Å². The summed E-state index contributed by atoms with van der Waals surface area (Å²) in [5.74, 6) is 0.808. The third-order valence-corrected chi connectivity index (χ3v) is 4.41. The highest BCUT2D eigenvalue weighted by Crippen LogP contribution is 2.23. The third-order valence-electron chi connectivity index (χ3n) is 4.21. The number of amides is 1. The zero-order valence-electron chi connectivity index (χ0n) is 16.1. The number of hydrogen-bond acceptors (Lipinski definition) is 4. The molecule has 5 nitrogen and oxygen atoms in total. The van der Waals surface area contributed by atoms with Crippen molar-refractivity contribution in [2.24, 2.45) is 0 Å². The molecule has 0 bridgehead atoms. The van der Waals surface area contributed by atoms with E-state index in [1.54, 1.807) is 25.3 Å². The molecule has 6 heteroatoms. The number of ether oxygens (including phenoxy) is 2. The molecule has 0 atom stereocenters. The largest absolute Gasteiger partial charge is 0.495 e. The number of benzene rings is 3. The molecule has 2 N–H and O–H groups in total. The third kappa shape index (κ3) is 5.80. The molecular weight excluding hydrogens is 384 g/mol. The van der Waals surface area contributed by atoms with Crippen LogP contribution in [0.4, 0.5) is 5.69 Å². The number of carbonyl (C=O) groups excluding carboxylic acids is 1. The fraction of sp³-hybridized carbons (Fsp3) is 0.130. The lowest BCUT2D eigenvalue weighted by atomic mass is 10.1. The molecule has 0 aliphatic rings. The second-order valence-corrected chi connectivity index (χ2v) is 6.60. The van der Waals surface area contributed by atoms with Gasteiger partial charge in [0.25, 0.3) is 5.91 Å². The van der Waals surface area contributed by atoms with Gasteiger partial charge in [-0.3, -0.25) is 10.1 Å². The Bertz CT molecular complexity index is 977. The van der Waals surface area contributed by atoms with Crippen LogP contribution in [0.5, 0.6) is 11.5 Å². The van der Waals surface area contributed by atoms with Crippen LogP contribution in [0.1, 0.15) is 15.9 Å². The van der Waals surface area contributed by atoms with Crippen LogP contribution in [0, 0.1) is 0 Å². The van der Waals surface area contributed by atoms with E-state index in [1.807, 2.05) is 60.7 Å². The van der Waals surface area contributed by atoms with Crippen LogP contribution in [0.2, 0.25) is 0 Å². The molecule has 0 aliphatic heterocycles. The highest BCUT2D eigenvalue weighted by molar-refractivity contribution is 7.80. The van der Waals surface area contributed by atoms with E-state index in [9.17, 15) is 4.79 Å². The first-order valence-electron chi connectivity index (χ1n) is 9.18. The Morgan fingerprint density at radius 1 is 0.897 bits per heavy atom. The van der Waals surface area contributed by atoms with E-state index in [0.717, 1.165) is 6.42 Å². The quantitative estimate of drug-likeness (QED) is 0.568. The van der Waals surface area contributed by atoms with Crippen LogP contribution < -0.4 is 20.1 Å². The van der Waals surface area contributed by atoms with Gasteiger partial charge in [0.15, 0.2) is 5.11 Å². The Labute approximate surface area is 175 Å². The summed E-state index contributed by atoms with van der Waals surface area (Å²) in [6.07, 6.45) is 0.755. The lowest BCUT2D eigenvalue weighted by Crippen LogP contribution is -2.34. The van der Waals surface area contributed by atoms with E-state index in [4.69, 9.17) is 21.7 Å². The number of carbonyl (C=O) groups is 1. The predicted molar refractivity (Wildman–Crippen MR) is 119 cm³/mol. The molecule has 1 amide bonds. The van der Waals surface area contributed by atoms with Gasteiger partial charge in [-0.25, -0.2) is 0 Å². The number of rotatable bonds is 7.